The van der Waals surface area contributed by atoms with Crippen LogP contribution < -0.4 is 0 Å². The van der Waals surface area contributed by atoms with Crippen LogP contribution in [-0.4, -0.2) is 0 Å². The second-order valence-corrected chi connectivity index (χ2v) is 3.27. The maximum absolute atomic E-state index is 5.75. The van der Waals surface area contributed by atoms with Crippen molar-refractivity contribution in [3.8, 4) is 0 Å². The predicted octanol–water partition coefficient (Wildman–Crippen LogP) is 3.05. The molecular formula is C6H7ClS. The third-order valence-electron chi connectivity index (χ3n) is 0.935. The molecule has 0 aromatic carbocycles. The lowest BCUT2D eigenvalue weighted by Gasteiger charge is -1.92. The third kappa shape index (κ3) is 1.23. The molecule has 0 fully saturated rings. The highest BCUT2D eigenvalue weighted by Crippen LogP contribution is 2.23. The molecule has 1 heterocycles. The highest BCUT2D eigenvalue weighted by molar-refractivity contribution is 7.10. The molecule has 1 aromatic heterocycles. The van der Waals surface area contributed by atoms with Crippen molar-refractivity contribution in [2.75, 3.05) is 0 Å². The Morgan fingerprint density at radius 3 is 2.75 bits per heavy atom. The largest absolute Gasteiger partial charge is 0.147 e. The highest BCUT2D eigenvalue weighted by Gasteiger charge is 1.98. The van der Waals surface area contributed by atoms with Crippen LogP contribution in [0, 0.1) is 0 Å². The van der Waals surface area contributed by atoms with Gasteiger partial charge >= 0.3 is 0 Å². The van der Waals surface area contributed by atoms with Gasteiger partial charge in [-0.05, 0) is 18.4 Å². The highest BCUT2D eigenvalue weighted by atomic mass is 35.5. The second kappa shape index (κ2) is 2.51. The standard InChI is InChI=1S/C6H7ClS/c1-5(7)6-3-2-4-8-6/h2-5H,1H3. The van der Waals surface area contributed by atoms with Crippen LogP contribution in [0.2, 0.25) is 0 Å². The Morgan fingerprint density at radius 1 is 1.75 bits per heavy atom. The maximum atomic E-state index is 5.75. The van der Waals surface area contributed by atoms with Crippen molar-refractivity contribution in [3.63, 3.8) is 0 Å². The first kappa shape index (κ1) is 6.12. The van der Waals surface area contributed by atoms with Gasteiger partial charge in [0.05, 0.1) is 5.38 Å². The molecule has 0 bridgehead atoms. The van der Waals surface area contributed by atoms with Gasteiger partial charge in [0.25, 0.3) is 0 Å². The van der Waals surface area contributed by atoms with Crippen LogP contribution in [0.25, 0.3) is 0 Å². The van der Waals surface area contributed by atoms with E-state index in [0.717, 1.165) is 0 Å². The molecule has 1 atom stereocenters. The van der Waals surface area contributed by atoms with Crippen LogP contribution in [0.3, 0.4) is 0 Å². The van der Waals surface area contributed by atoms with Gasteiger partial charge in [0, 0.05) is 4.88 Å². The zero-order valence-electron chi connectivity index (χ0n) is 4.60. The molecule has 0 saturated carbocycles. The van der Waals surface area contributed by atoms with Crippen molar-refractivity contribution in [1.82, 2.24) is 0 Å². The van der Waals surface area contributed by atoms with Crippen LogP contribution in [0.1, 0.15) is 17.2 Å². The Labute approximate surface area is 58.1 Å². The van der Waals surface area contributed by atoms with E-state index in [1.54, 1.807) is 11.3 Å². The lowest BCUT2D eigenvalue weighted by Crippen LogP contribution is -1.72. The molecule has 0 amide bonds. The van der Waals surface area contributed by atoms with Crippen LogP contribution in [0.15, 0.2) is 17.5 Å². The molecule has 0 aliphatic heterocycles. The van der Waals surface area contributed by atoms with Crippen LogP contribution >= 0.6 is 22.9 Å². The Balaban J connectivity index is 2.77. The number of hydrogen-bond acceptors (Lipinski definition) is 1. The van der Waals surface area contributed by atoms with E-state index in [1.807, 2.05) is 24.4 Å². The molecule has 0 spiro atoms. The summed E-state index contributed by atoms with van der Waals surface area (Å²) in [7, 11) is 0. The van der Waals surface area contributed by atoms with Gasteiger partial charge in [-0.15, -0.1) is 22.9 Å². The zero-order chi connectivity index (χ0) is 5.98. The smallest absolute Gasteiger partial charge is 0.0650 e. The molecule has 0 saturated heterocycles. The van der Waals surface area contributed by atoms with Crippen molar-refractivity contribution in [1.29, 1.82) is 0 Å². The predicted molar refractivity (Wildman–Crippen MR) is 38.6 cm³/mol. The fourth-order valence-electron chi connectivity index (χ4n) is 0.518. The van der Waals surface area contributed by atoms with Gasteiger partial charge in [-0.1, -0.05) is 6.07 Å². The molecule has 1 aromatic rings. The summed E-state index contributed by atoms with van der Waals surface area (Å²) in [5.41, 5.74) is 0. The van der Waals surface area contributed by atoms with Crippen molar-refractivity contribution in [3.05, 3.63) is 22.4 Å². The molecular weight excluding hydrogens is 140 g/mol. The van der Waals surface area contributed by atoms with Gasteiger partial charge in [-0.25, -0.2) is 0 Å². The van der Waals surface area contributed by atoms with E-state index in [2.05, 4.69) is 0 Å². The van der Waals surface area contributed by atoms with Gasteiger partial charge in [0.2, 0.25) is 0 Å². The molecule has 2 heteroatoms. The molecule has 1 unspecified atom stereocenters. The zero-order valence-corrected chi connectivity index (χ0v) is 6.17. The average molecular weight is 147 g/mol. The summed E-state index contributed by atoms with van der Waals surface area (Å²) in [5, 5.41) is 2.21. The molecule has 1 rings (SSSR count). The molecule has 0 nitrogen and oxygen atoms in total. The fourth-order valence-corrected chi connectivity index (χ4v) is 1.40. The number of hydrogen-bond donors (Lipinski definition) is 0. The Morgan fingerprint density at radius 2 is 2.50 bits per heavy atom. The summed E-state index contributed by atoms with van der Waals surface area (Å²) in [6.45, 7) is 1.98. The lowest BCUT2D eigenvalue weighted by molar-refractivity contribution is 1.12. The minimum atomic E-state index is 0.176. The first-order valence-corrected chi connectivity index (χ1v) is 3.80. The minimum absolute atomic E-state index is 0.176. The summed E-state index contributed by atoms with van der Waals surface area (Å²) < 4.78 is 0. The summed E-state index contributed by atoms with van der Waals surface area (Å²) in [5.74, 6) is 0. The number of rotatable bonds is 1. The lowest BCUT2D eigenvalue weighted by atomic mass is 10.4. The van der Waals surface area contributed by atoms with Crippen LogP contribution in [-0.2, 0) is 0 Å². The van der Waals surface area contributed by atoms with E-state index in [4.69, 9.17) is 11.6 Å². The molecule has 0 radical (unpaired) electrons. The normalized spacial score (nSPS) is 13.8. The van der Waals surface area contributed by atoms with Gasteiger partial charge in [0.1, 0.15) is 0 Å². The second-order valence-electron chi connectivity index (χ2n) is 1.63. The Hall–Kier alpha value is -0.0100. The van der Waals surface area contributed by atoms with E-state index >= 15 is 0 Å². The van der Waals surface area contributed by atoms with E-state index in [0.29, 0.717) is 0 Å². The van der Waals surface area contributed by atoms with E-state index in [9.17, 15) is 0 Å². The number of halogens is 1. The Bertz CT molecular complexity index is 144. The molecule has 44 valence electrons. The SMILES string of the molecule is CC(Cl)c1cccs1. The number of alkyl halides is 1. The summed E-state index contributed by atoms with van der Waals surface area (Å²) in [4.78, 5) is 1.24. The summed E-state index contributed by atoms with van der Waals surface area (Å²) in [6, 6.07) is 4.06. The fraction of sp³-hybridized carbons (Fsp3) is 0.333. The monoisotopic (exact) mass is 146 g/mol. The van der Waals surface area contributed by atoms with Gasteiger partial charge in [-0.2, -0.15) is 0 Å². The molecule has 0 aliphatic carbocycles. The average Bonchev–Trinajstić information content (AvgIpc) is 2.12. The van der Waals surface area contributed by atoms with E-state index < -0.39 is 0 Å². The van der Waals surface area contributed by atoms with Crippen molar-refractivity contribution in [2.24, 2.45) is 0 Å². The van der Waals surface area contributed by atoms with Crippen molar-refractivity contribution < 1.29 is 0 Å². The first-order chi connectivity index (χ1) is 3.80. The van der Waals surface area contributed by atoms with Gasteiger partial charge < -0.3 is 0 Å². The minimum Gasteiger partial charge on any atom is -0.147 e. The quantitative estimate of drug-likeness (QED) is 0.535. The van der Waals surface area contributed by atoms with Crippen molar-refractivity contribution >= 4 is 22.9 Å². The maximum Gasteiger partial charge on any atom is 0.0650 e. The topological polar surface area (TPSA) is 0 Å². The van der Waals surface area contributed by atoms with E-state index in [1.165, 1.54) is 4.88 Å². The first-order valence-electron chi connectivity index (χ1n) is 2.48. The van der Waals surface area contributed by atoms with Crippen molar-refractivity contribution in [2.45, 2.75) is 12.3 Å². The molecule has 0 N–H and O–H groups in total. The van der Waals surface area contributed by atoms with E-state index in [-0.39, 0.29) is 5.38 Å². The summed E-state index contributed by atoms with van der Waals surface area (Å²) >= 11 is 7.45. The molecule has 8 heavy (non-hydrogen) atoms. The van der Waals surface area contributed by atoms with Crippen LogP contribution in [0.5, 0.6) is 0 Å². The van der Waals surface area contributed by atoms with Gasteiger partial charge in [-0.3, -0.25) is 0 Å². The van der Waals surface area contributed by atoms with Crippen LogP contribution in [0.4, 0.5) is 0 Å². The third-order valence-corrected chi connectivity index (χ3v) is 2.35. The molecule has 0 aliphatic rings. The summed E-state index contributed by atoms with van der Waals surface area (Å²) in [6.07, 6.45) is 0. The number of thiophene rings is 1. The Kier molecular flexibility index (Phi) is 1.92. The van der Waals surface area contributed by atoms with Gasteiger partial charge in [0.15, 0.2) is 0 Å².